The van der Waals surface area contributed by atoms with Crippen molar-refractivity contribution in [2.75, 3.05) is 7.11 Å². The fraction of sp³-hybridized carbons (Fsp3) is 0.333. The SMILES string of the molecule is COC(=O)C(N[C@@H](C)C(N)=O)c1cccc(Cl)c1Cl. The lowest BCUT2D eigenvalue weighted by molar-refractivity contribution is -0.143. The van der Waals surface area contributed by atoms with Gasteiger partial charge in [-0.1, -0.05) is 35.3 Å². The van der Waals surface area contributed by atoms with Crippen molar-refractivity contribution in [1.82, 2.24) is 5.32 Å². The van der Waals surface area contributed by atoms with Gasteiger partial charge in [-0.3, -0.25) is 10.1 Å². The van der Waals surface area contributed by atoms with Crippen molar-refractivity contribution in [3.05, 3.63) is 33.8 Å². The molecule has 1 rings (SSSR count). The summed E-state index contributed by atoms with van der Waals surface area (Å²) < 4.78 is 4.69. The molecule has 104 valence electrons. The Morgan fingerprint density at radius 3 is 2.53 bits per heavy atom. The highest BCUT2D eigenvalue weighted by atomic mass is 35.5. The number of nitrogens with one attached hydrogen (secondary N) is 1. The highest BCUT2D eigenvalue weighted by molar-refractivity contribution is 6.42. The summed E-state index contributed by atoms with van der Waals surface area (Å²) in [6.45, 7) is 1.54. The quantitative estimate of drug-likeness (QED) is 0.811. The molecule has 3 N–H and O–H groups in total. The molecule has 0 fully saturated rings. The number of nitrogens with two attached hydrogens (primary N) is 1. The number of benzene rings is 1. The summed E-state index contributed by atoms with van der Waals surface area (Å²) in [6.07, 6.45) is 0. The van der Waals surface area contributed by atoms with Gasteiger partial charge in [-0.2, -0.15) is 0 Å². The molecule has 0 bridgehead atoms. The van der Waals surface area contributed by atoms with E-state index in [1.807, 2.05) is 0 Å². The third-order valence-corrected chi connectivity index (χ3v) is 3.41. The molecule has 0 saturated carbocycles. The van der Waals surface area contributed by atoms with Crippen molar-refractivity contribution < 1.29 is 14.3 Å². The summed E-state index contributed by atoms with van der Waals surface area (Å²) in [7, 11) is 1.24. The highest BCUT2D eigenvalue weighted by Gasteiger charge is 2.27. The number of amides is 1. The van der Waals surface area contributed by atoms with Crippen LogP contribution in [-0.2, 0) is 14.3 Å². The van der Waals surface area contributed by atoms with E-state index >= 15 is 0 Å². The average molecular weight is 305 g/mol. The minimum atomic E-state index is -0.918. The van der Waals surface area contributed by atoms with Crippen molar-refractivity contribution >= 4 is 35.1 Å². The molecule has 0 heterocycles. The van der Waals surface area contributed by atoms with Gasteiger partial charge >= 0.3 is 5.97 Å². The Morgan fingerprint density at radius 2 is 2.00 bits per heavy atom. The zero-order chi connectivity index (χ0) is 14.6. The highest BCUT2D eigenvalue weighted by Crippen LogP contribution is 2.30. The number of carbonyl (C=O) groups is 2. The monoisotopic (exact) mass is 304 g/mol. The maximum absolute atomic E-state index is 11.8. The molecule has 0 aromatic heterocycles. The van der Waals surface area contributed by atoms with Crippen LogP contribution in [0.4, 0.5) is 0 Å². The molecule has 5 nitrogen and oxygen atoms in total. The van der Waals surface area contributed by atoms with Gasteiger partial charge in [0.15, 0.2) is 0 Å². The molecule has 1 amide bonds. The van der Waals surface area contributed by atoms with E-state index in [0.717, 1.165) is 0 Å². The second-order valence-corrected chi connectivity index (χ2v) is 4.68. The Kier molecular flexibility index (Phi) is 5.60. The van der Waals surface area contributed by atoms with Crippen molar-refractivity contribution in [1.29, 1.82) is 0 Å². The van der Waals surface area contributed by atoms with Crippen LogP contribution >= 0.6 is 23.2 Å². The fourth-order valence-corrected chi connectivity index (χ4v) is 1.90. The minimum absolute atomic E-state index is 0.226. The lowest BCUT2D eigenvalue weighted by Crippen LogP contribution is -2.43. The van der Waals surface area contributed by atoms with Crippen molar-refractivity contribution in [2.24, 2.45) is 5.73 Å². The standard InChI is InChI=1S/C12H14Cl2N2O3/c1-6(11(15)17)16-10(12(18)19-2)7-4-3-5-8(13)9(7)14/h3-6,10,16H,1-2H3,(H2,15,17)/t6-,10?/m0/s1. The molecule has 1 aromatic rings. The van der Waals surface area contributed by atoms with E-state index in [1.54, 1.807) is 18.2 Å². The van der Waals surface area contributed by atoms with Crippen LogP contribution in [0.25, 0.3) is 0 Å². The minimum Gasteiger partial charge on any atom is -0.468 e. The summed E-state index contributed by atoms with van der Waals surface area (Å²) in [5.74, 6) is -1.18. The van der Waals surface area contributed by atoms with Gasteiger partial charge in [0.2, 0.25) is 5.91 Å². The third kappa shape index (κ3) is 3.83. The summed E-state index contributed by atoms with van der Waals surface area (Å²) in [5, 5.41) is 3.29. The van der Waals surface area contributed by atoms with E-state index in [9.17, 15) is 9.59 Å². The van der Waals surface area contributed by atoms with Crippen LogP contribution in [0.15, 0.2) is 18.2 Å². The number of halogens is 2. The number of primary amides is 1. The molecule has 7 heteroatoms. The first-order valence-electron chi connectivity index (χ1n) is 5.45. The van der Waals surface area contributed by atoms with Crippen LogP contribution in [0.3, 0.4) is 0 Å². The van der Waals surface area contributed by atoms with Crippen LogP contribution in [0.2, 0.25) is 10.0 Å². The molecular formula is C12H14Cl2N2O3. The molecular weight excluding hydrogens is 291 g/mol. The second-order valence-electron chi connectivity index (χ2n) is 3.89. The number of hydrogen-bond acceptors (Lipinski definition) is 4. The lowest BCUT2D eigenvalue weighted by Gasteiger charge is -2.21. The van der Waals surface area contributed by atoms with Crippen LogP contribution < -0.4 is 11.1 Å². The summed E-state index contributed by atoms with van der Waals surface area (Å²) >= 11 is 12.0. The number of carbonyl (C=O) groups excluding carboxylic acids is 2. The van der Waals surface area contributed by atoms with E-state index in [-0.39, 0.29) is 5.02 Å². The van der Waals surface area contributed by atoms with Gasteiger partial charge in [-0.15, -0.1) is 0 Å². The van der Waals surface area contributed by atoms with Crippen LogP contribution in [0, 0.1) is 0 Å². The average Bonchev–Trinajstić information content (AvgIpc) is 2.38. The maximum atomic E-state index is 11.8. The Morgan fingerprint density at radius 1 is 1.37 bits per heavy atom. The van der Waals surface area contributed by atoms with Crippen molar-refractivity contribution in [3.63, 3.8) is 0 Å². The molecule has 0 spiro atoms. The largest absolute Gasteiger partial charge is 0.468 e. The number of rotatable bonds is 5. The van der Waals surface area contributed by atoms with E-state index in [2.05, 4.69) is 10.1 Å². The number of hydrogen-bond donors (Lipinski definition) is 2. The van der Waals surface area contributed by atoms with E-state index in [0.29, 0.717) is 10.6 Å². The summed E-state index contributed by atoms with van der Waals surface area (Å²) in [6, 6.07) is 3.23. The van der Waals surface area contributed by atoms with E-state index < -0.39 is 24.0 Å². The topological polar surface area (TPSA) is 81.4 Å². The van der Waals surface area contributed by atoms with Gasteiger partial charge in [-0.25, -0.2) is 4.79 Å². The molecule has 0 aliphatic heterocycles. The number of ether oxygens (including phenoxy) is 1. The van der Waals surface area contributed by atoms with Crippen molar-refractivity contribution in [3.8, 4) is 0 Å². The predicted octanol–water partition coefficient (Wildman–Crippen LogP) is 1.67. The normalized spacial score (nSPS) is 13.7. The third-order valence-electron chi connectivity index (χ3n) is 2.57. The molecule has 2 atom stereocenters. The molecule has 0 aliphatic carbocycles. The first kappa shape index (κ1) is 15.8. The van der Waals surface area contributed by atoms with Gasteiger partial charge in [0.05, 0.1) is 23.2 Å². The summed E-state index contributed by atoms with van der Waals surface area (Å²) in [4.78, 5) is 22.9. The van der Waals surface area contributed by atoms with Gasteiger partial charge < -0.3 is 10.5 Å². The lowest BCUT2D eigenvalue weighted by atomic mass is 10.1. The first-order chi connectivity index (χ1) is 8.88. The molecule has 0 aliphatic rings. The zero-order valence-electron chi connectivity index (χ0n) is 10.4. The molecule has 0 radical (unpaired) electrons. The molecule has 1 unspecified atom stereocenters. The Labute approximate surface area is 121 Å². The molecule has 1 aromatic carbocycles. The molecule has 19 heavy (non-hydrogen) atoms. The van der Waals surface area contributed by atoms with Gasteiger partial charge in [0, 0.05) is 5.56 Å². The van der Waals surface area contributed by atoms with Gasteiger partial charge in [0.25, 0.3) is 0 Å². The first-order valence-corrected chi connectivity index (χ1v) is 6.21. The van der Waals surface area contributed by atoms with E-state index in [1.165, 1.54) is 14.0 Å². The second kappa shape index (κ2) is 6.75. The Balaban J connectivity index is 3.13. The zero-order valence-corrected chi connectivity index (χ0v) is 12.0. The Bertz CT molecular complexity index is 494. The number of esters is 1. The van der Waals surface area contributed by atoms with Crippen LogP contribution in [-0.4, -0.2) is 25.0 Å². The smallest absolute Gasteiger partial charge is 0.327 e. The van der Waals surface area contributed by atoms with E-state index in [4.69, 9.17) is 28.9 Å². The predicted molar refractivity (Wildman–Crippen MR) is 73.0 cm³/mol. The maximum Gasteiger partial charge on any atom is 0.327 e. The van der Waals surface area contributed by atoms with Crippen molar-refractivity contribution in [2.45, 2.75) is 19.0 Å². The van der Waals surface area contributed by atoms with Gasteiger partial charge in [-0.05, 0) is 13.0 Å². The Hall–Kier alpha value is -1.30. The van der Waals surface area contributed by atoms with Crippen LogP contribution in [0.1, 0.15) is 18.5 Å². The molecule has 0 saturated heterocycles. The summed E-state index contributed by atoms with van der Waals surface area (Å²) in [5.41, 5.74) is 5.58. The fourth-order valence-electron chi connectivity index (χ4n) is 1.48. The number of methoxy groups -OCH3 is 1. The van der Waals surface area contributed by atoms with Crippen LogP contribution in [0.5, 0.6) is 0 Å². The van der Waals surface area contributed by atoms with Gasteiger partial charge in [0.1, 0.15) is 6.04 Å².